The summed E-state index contributed by atoms with van der Waals surface area (Å²) in [6.07, 6.45) is 4.71. The highest BCUT2D eigenvalue weighted by Gasteiger charge is 2.23. The van der Waals surface area contributed by atoms with Gasteiger partial charge in [0, 0.05) is 12.1 Å². The molecule has 22 heavy (non-hydrogen) atoms. The van der Waals surface area contributed by atoms with Crippen molar-refractivity contribution in [3.05, 3.63) is 18.2 Å². The van der Waals surface area contributed by atoms with Gasteiger partial charge in [-0.05, 0) is 30.9 Å². The van der Waals surface area contributed by atoms with E-state index in [0.29, 0.717) is 30.6 Å². The van der Waals surface area contributed by atoms with Gasteiger partial charge in [0.15, 0.2) is 18.1 Å². The highest BCUT2D eigenvalue weighted by molar-refractivity contribution is 5.77. The van der Waals surface area contributed by atoms with Crippen molar-refractivity contribution in [2.24, 2.45) is 5.92 Å². The van der Waals surface area contributed by atoms with Gasteiger partial charge in [0.2, 0.25) is 0 Å². The third kappa shape index (κ3) is 3.64. The first kappa shape index (κ1) is 15.0. The Hall–Kier alpha value is -1.91. The van der Waals surface area contributed by atoms with E-state index in [-0.39, 0.29) is 18.6 Å². The molecule has 5 nitrogen and oxygen atoms in total. The predicted octanol–water partition coefficient (Wildman–Crippen LogP) is 2.53. The number of nitrogens with one attached hydrogen (secondary N) is 1. The van der Waals surface area contributed by atoms with Crippen LogP contribution in [0.15, 0.2) is 18.2 Å². The molecular formula is C17H23NO4. The number of hydrogen-bond donors (Lipinski definition) is 1. The van der Waals surface area contributed by atoms with E-state index < -0.39 is 0 Å². The van der Waals surface area contributed by atoms with Crippen LogP contribution in [0.5, 0.6) is 17.2 Å². The fourth-order valence-electron chi connectivity index (χ4n) is 3.04. The van der Waals surface area contributed by atoms with Gasteiger partial charge in [-0.15, -0.1) is 0 Å². The van der Waals surface area contributed by atoms with Crippen LogP contribution in [-0.2, 0) is 4.79 Å². The number of rotatable bonds is 4. The van der Waals surface area contributed by atoms with Gasteiger partial charge >= 0.3 is 0 Å². The number of amides is 1. The lowest BCUT2D eigenvalue weighted by Gasteiger charge is -2.29. The average Bonchev–Trinajstić information content (AvgIpc) is 2.55. The highest BCUT2D eigenvalue weighted by Crippen LogP contribution is 2.33. The number of fused-ring (bicyclic) bond motifs is 1. The minimum atomic E-state index is -0.0614. The monoisotopic (exact) mass is 305 g/mol. The largest absolute Gasteiger partial charge is 0.486 e. The number of carbonyl (C=O) groups excluding carboxylic acids is 1. The molecule has 5 heteroatoms. The molecule has 1 amide bonds. The molecule has 0 spiro atoms. The van der Waals surface area contributed by atoms with Gasteiger partial charge in [-0.3, -0.25) is 4.79 Å². The fraction of sp³-hybridized carbons (Fsp3) is 0.588. The first-order chi connectivity index (χ1) is 10.7. The third-order valence-electron chi connectivity index (χ3n) is 4.34. The van der Waals surface area contributed by atoms with E-state index in [1.807, 2.05) is 6.07 Å². The van der Waals surface area contributed by atoms with E-state index in [9.17, 15) is 4.79 Å². The lowest BCUT2D eigenvalue weighted by Crippen LogP contribution is -2.43. The summed E-state index contributed by atoms with van der Waals surface area (Å²) in [6, 6.07) is 5.66. The molecule has 1 aromatic carbocycles. The molecule has 1 fully saturated rings. The predicted molar refractivity (Wildman–Crippen MR) is 82.5 cm³/mol. The molecule has 2 unspecified atom stereocenters. The Morgan fingerprint density at radius 3 is 2.82 bits per heavy atom. The highest BCUT2D eigenvalue weighted by atomic mass is 16.6. The standard InChI is InChI=1S/C17H23NO4/c1-12-4-2-3-5-14(12)18-17(19)11-22-13-6-7-15-16(10-13)21-9-8-20-15/h6-7,10,12,14H,2-5,8-9,11H2,1H3,(H,18,19). The van der Waals surface area contributed by atoms with Crippen LogP contribution in [0.1, 0.15) is 32.6 Å². The lowest BCUT2D eigenvalue weighted by atomic mass is 9.86. The molecule has 0 saturated heterocycles. The Morgan fingerprint density at radius 2 is 2.00 bits per heavy atom. The van der Waals surface area contributed by atoms with Crippen molar-refractivity contribution < 1.29 is 19.0 Å². The van der Waals surface area contributed by atoms with Crippen molar-refractivity contribution in [1.29, 1.82) is 0 Å². The number of ether oxygens (including phenoxy) is 3. The zero-order chi connectivity index (χ0) is 15.4. The van der Waals surface area contributed by atoms with Gasteiger partial charge in [0.1, 0.15) is 19.0 Å². The quantitative estimate of drug-likeness (QED) is 0.928. The van der Waals surface area contributed by atoms with Gasteiger partial charge < -0.3 is 19.5 Å². The zero-order valence-electron chi connectivity index (χ0n) is 13.0. The second kappa shape index (κ2) is 6.90. The molecule has 0 radical (unpaired) electrons. The molecular weight excluding hydrogens is 282 g/mol. The average molecular weight is 305 g/mol. The lowest BCUT2D eigenvalue weighted by molar-refractivity contribution is -0.124. The SMILES string of the molecule is CC1CCCCC1NC(=O)COc1ccc2c(c1)OCCO2. The second-order valence-corrected chi connectivity index (χ2v) is 6.03. The fourth-order valence-corrected chi connectivity index (χ4v) is 3.04. The van der Waals surface area contributed by atoms with E-state index in [1.54, 1.807) is 12.1 Å². The van der Waals surface area contributed by atoms with Crippen LogP contribution >= 0.6 is 0 Å². The van der Waals surface area contributed by atoms with Crippen molar-refractivity contribution in [1.82, 2.24) is 5.32 Å². The molecule has 120 valence electrons. The van der Waals surface area contributed by atoms with Crippen LogP contribution in [0.4, 0.5) is 0 Å². The molecule has 1 saturated carbocycles. The van der Waals surface area contributed by atoms with E-state index in [2.05, 4.69) is 12.2 Å². The summed E-state index contributed by atoms with van der Waals surface area (Å²) in [5, 5.41) is 3.08. The Morgan fingerprint density at radius 1 is 1.23 bits per heavy atom. The minimum absolute atomic E-state index is 0.0306. The van der Waals surface area contributed by atoms with Crippen LogP contribution in [0.2, 0.25) is 0 Å². The van der Waals surface area contributed by atoms with E-state index in [0.717, 1.165) is 12.2 Å². The van der Waals surface area contributed by atoms with Crippen molar-refractivity contribution >= 4 is 5.91 Å². The third-order valence-corrected chi connectivity index (χ3v) is 4.34. The van der Waals surface area contributed by atoms with Crippen molar-refractivity contribution in [3.63, 3.8) is 0 Å². The number of benzene rings is 1. The van der Waals surface area contributed by atoms with Crippen LogP contribution < -0.4 is 19.5 Å². The van der Waals surface area contributed by atoms with E-state index >= 15 is 0 Å². The van der Waals surface area contributed by atoms with Crippen molar-refractivity contribution in [2.45, 2.75) is 38.6 Å². The van der Waals surface area contributed by atoms with Gasteiger partial charge in [-0.25, -0.2) is 0 Å². The van der Waals surface area contributed by atoms with Crippen LogP contribution in [0.25, 0.3) is 0 Å². The van der Waals surface area contributed by atoms with Gasteiger partial charge in [0.25, 0.3) is 5.91 Å². The minimum Gasteiger partial charge on any atom is -0.486 e. The maximum atomic E-state index is 12.0. The maximum absolute atomic E-state index is 12.0. The second-order valence-electron chi connectivity index (χ2n) is 6.03. The summed E-state index contributed by atoms with van der Waals surface area (Å²) in [5.41, 5.74) is 0. The zero-order valence-corrected chi connectivity index (χ0v) is 13.0. The Balaban J connectivity index is 1.50. The van der Waals surface area contributed by atoms with E-state index in [1.165, 1.54) is 19.3 Å². The summed E-state index contributed by atoms with van der Waals surface area (Å²) < 4.78 is 16.5. The van der Waals surface area contributed by atoms with Crippen molar-refractivity contribution in [3.8, 4) is 17.2 Å². The van der Waals surface area contributed by atoms with Crippen LogP contribution in [0, 0.1) is 5.92 Å². The van der Waals surface area contributed by atoms with Gasteiger partial charge in [-0.2, -0.15) is 0 Å². The normalized spacial score (nSPS) is 23.7. The summed E-state index contributed by atoms with van der Waals surface area (Å²) in [4.78, 5) is 12.0. The summed E-state index contributed by atoms with van der Waals surface area (Å²) in [6.45, 7) is 3.33. The molecule has 3 rings (SSSR count). The molecule has 1 aliphatic heterocycles. The smallest absolute Gasteiger partial charge is 0.258 e. The Bertz CT molecular complexity index is 531. The molecule has 2 aliphatic rings. The maximum Gasteiger partial charge on any atom is 0.258 e. The first-order valence-corrected chi connectivity index (χ1v) is 8.04. The van der Waals surface area contributed by atoms with Crippen LogP contribution in [-0.4, -0.2) is 31.8 Å². The molecule has 2 atom stereocenters. The summed E-state index contributed by atoms with van der Waals surface area (Å²) >= 11 is 0. The molecule has 1 heterocycles. The Kier molecular flexibility index (Phi) is 4.71. The topological polar surface area (TPSA) is 56.8 Å². The van der Waals surface area contributed by atoms with E-state index in [4.69, 9.17) is 14.2 Å². The first-order valence-electron chi connectivity index (χ1n) is 8.04. The molecule has 1 aromatic rings. The molecule has 0 aromatic heterocycles. The number of carbonyl (C=O) groups is 1. The van der Waals surface area contributed by atoms with Crippen molar-refractivity contribution in [2.75, 3.05) is 19.8 Å². The van der Waals surface area contributed by atoms with Crippen LogP contribution in [0.3, 0.4) is 0 Å². The van der Waals surface area contributed by atoms with Gasteiger partial charge in [-0.1, -0.05) is 19.8 Å². The Labute approximate surface area is 130 Å². The van der Waals surface area contributed by atoms with Gasteiger partial charge in [0.05, 0.1) is 0 Å². The molecule has 0 bridgehead atoms. The summed E-state index contributed by atoms with van der Waals surface area (Å²) in [7, 11) is 0. The molecule has 1 N–H and O–H groups in total. The number of hydrogen-bond acceptors (Lipinski definition) is 4. The summed E-state index contributed by atoms with van der Waals surface area (Å²) in [5.74, 6) is 2.50. The molecule has 1 aliphatic carbocycles.